The molecule has 0 amide bonds. The zero-order chi connectivity index (χ0) is 12.6. The number of aromatic nitrogens is 1. The molecule has 0 saturated carbocycles. The molecule has 0 unspecified atom stereocenters. The molecule has 17 heavy (non-hydrogen) atoms. The van der Waals surface area contributed by atoms with Gasteiger partial charge in [0.1, 0.15) is 0 Å². The van der Waals surface area contributed by atoms with Gasteiger partial charge in [0, 0.05) is 31.7 Å². The fourth-order valence-electron chi connectivity index (χ4n) is 2.44. The van der Waals surface area contributed by atoms with E-state index < -0.39 is 0 Å². The first kappa shape index (κ1) is 12.2. The smallest absolute Gasteiger partial charge is 0.273 e. The van der Waals surface area contributed by atoms with Crippen molar-refractivity contribution in [2.24, 2.45) is 5.92 Å². The second-order valence-corrected chi connectivity index (χ2v) is 5.37. The van der Waals surface area contributed by atoms with Crippen LogP contribution in [-0.2, 0) is 19.5 Å². The Labute approximate surface area is 102 Å². The quantitative estimate of drug-likeness (QED) is 0.834. The Morgan fingerprint density at radius 2 is 2.18 bits per heavy atom. The molecule has 0 aliphatic carbocycles. The number of hydrogen-bond donors (Lipinski definition) is 1. The predicted octanol–water partition coefficient (Wildman–Crippen LogP) is 1.07. The molecule has 1 aliphatic rings. The van der Waals surface area contributed by atoms with Crippen LogP contribution in [0.1, 0.15) is 25.1 Å². The Morgan fingerprint density at radius 1 is 1.47 bits per heavy atom. The van der Waals surface area contributed by atoms with E-state index in [1.54, 1.807) is 0 Å². The van der Waals surface area contributed by atoms with E-state index >= 15 is 0 Å². The van der Waals surface area contributed by atoms with Gasteiger partial charge in [-0.25, -0.2) is 0 Å². The van der Waals surface area contributed by atoms with Gasteiger partial charge in [0.05, 0.1) is 5.69 Å². The number of rotatable bonds is 2. The van der Waals surface area contributed by atoms with Crippen molar-refractivity contribution in [2.45, 2.75) is 33.4 Å². The van der Waals surface area contributed by atoms with Crippen molar-refractivity contribution in [3.05, 3.63) is 27.7 Å². The van der Waals surface area contributed by atoms with E-state index in [0.29, 0.717) is 11.6 Å². The van der Waals surface area contributed by atoms with Crippen molar-refractivity contribution in [3.63, 3.8) is 0 Å². The third kappa shape index (κ3) is 2.36. The fraction of sp³-hybridized carbons (Fsp3) is 0.615. The number of nitrogens with two attached hydrogens (primary N) is 1. The number of pyridine rings is 1. The monoisotopic (exact) mass is 235 g/mol. The molecule has 0 spiro atoms. The van der Waals surface area contributed by atoms with Gasteiger partial charge in [0.15, 0.2) is 0 Å². The first-order valence-electron chi connectivity index (χ1n) is 6.18. The maximum atomic E-state index is 12.1. The van der Waals surface area contributed by atoms with Crippen molar-refractivity contribution >= 4 is 5.69 Å². The highest BCUT2D eigenvalue weighted by Crippen LogP contribution is 2.19. The van der Waals surface area contributed by atoms with Crippen LogP contribution in [-0.4, -0.2) is 23.1 Å². The number of fused-ring (bicyclic) bond motifs is 1. The largest absolute Gasteiger partial charge is 0.394 e. The minimum absolute atomic E-state index is 0.0259. The molecule has 0 fully saturated rings. The molecule has 1 aromatic rings. The van der Waals surface area contributed by atoms with Crippen LogP contribution in [0.25, 0.3) is 0 Å². The van der Waals surface area contributed by atoms with Crippen LogP contribution >= 0.6 is 0 Å². The van der Waals surface area contributed by atoms with Gasteiger partial charge in [-0.2, -0.15) is 0 Å². The zero-order valence-corrected chi connectivity index (χ0v) is 10.9. The average molecular weight is 235 g/mol. The molecule has 2 heterocycles. The molecule has 1 aromatic heterocycles. The van der Waals surface area contributed by atoms with Crippen molar-refractivity contribution in [3.8, 4) is 0 Å². The molecule has 2 rings (SSSR count). The maximum absolute atomic E-state index is 12.1. The molecule has 2 N–H and O–H groups in total. The third-order valence-corrected chi connectivity index (χ3v) is 3.24. The summed E-state index contributed by atoms with van der Waals surface area (Å²) in [5.41, 5.74) is 8.54. The molecule has 0 aromatic carbocycles. The average Bonchev–Trinajstić information content (AvgIpc) is 2.24. The van der Waals surface area contributed by atoms with Crippen LogP contribution in [0.5, 0.6) is 0 Å². The highest BCUT2D eigenvalue weighted by Gasteiger charge is 2.19. The van der Waals surface area contributed by atoms with Gasteiger partial charge in [-0.05, 0) is 24.6 Å². The topological polar surface area (TPSA) is 51.3 Å². The van der Waals surface area contributed by atoms with Gasteiger partial charge in [-0.1, -0.05) is 13.8 Å². The normalized spacial score (nSPS) is 16.2. The van der Waals surface area contributed by atoms with E-state index in [0.717, 1.165) is 26.1 Å². The number of nitrogens with zero attached hydrogens (tertiary/aromatic N) is 2. The van der Waals surface area contributed by atoms with E-state index in [-0.39, 0.29) is 5.56 Å². The molecule has 1 aliphatic heterocycles. The summed E-state index contributed by atoms with van der Waals surface area (Å²) in [6.07, 6.45) is 0.939. The van der Waals surface area contributed by atoms with Gasteiger partial charge >= 0.3 is 0 Å². The summed E-state index contributed by atoms with van der Waals surface area (Å²) in [6, 6.07) is 1.85. The summed E-state index contributed by atoms with van der Waals surface area (Å²) in [6.45, 7) is 6.90. The van der Waals surface area contributed by atoms with E-state index in [1.807, 2.05) is 10.6 Å². The Kier molecular flexibility index (Phi) is 3.24. The lowest BCUT2D eigenvalue weighted by atomic mass is 10.0. The number of likely N-dealkylation sites (N-methyl/N-ethyl adjacent to an activating group) is 1. The third-order valence-electron chi connectivity index (χ3n) is 3.24. The van der Waals surface area contributed by atoms with Crippen LogP contribution in [0.15, 0.2) is 10.9 Å². The number of nitrogen functional groups attached to an aromatic ring is 1. The molecule has 94 valence electrons. The summed E-state index contributed by atoms with van der Waals surface area (Å²) < 4.78 is 1.88. The lowest BCUT2D eigenvalue weighted by molar-refractivity contribution is 0.302. The van der Waals surface area contributed by atoms with Crippen LogP contribution in [0.3, 0.4) is 0 Å². The predicted molar refractivity (Wildman–Crippen MR) is 70.0 cm³/mol. The first-order chi connectivity index (χ1) is 7.99. The second kappa shape index (κ2) is 4.53. The standard InChI is InChI=1S/C13H21N3O/c1-9(2)7-16-12-4-5-15(3)8-10(12)6-11(14)13(16)17/h6,9H,4-5,7-8,14H2,1-3H3. The Morgan fingerprint density at radius 3 is 2.82 bits per heavy atom. The summed E-state index contributed by atoms with van der Waals surface area (Å²) in [5, 5.41) is 0. The Balaban J connectivity index is 2.52. The Bertz CT molecular complexity index is 476. The molecule has 0 saturated heterocycles. The highest BCUT2D eigenvalue weighted by molar-refractivity contribution is 5.42. The summed E-state index contributed by atoms with van der Waals surface area (Å²) in [5.74, 6) is 0.457. The second-order valence-electron chi connectivity index (χ2n) is 5.37. The molecular weight excluding hydrogens is 214 g/mol. The van der Waals surface area contributed by atoms with Crippen molar-refractivity contribution in [2.75, 3.05) is 19.3 Å². The van der Waals surface area contributed by atoms with Gasteiger partial charge in [-0.15, -0.1) is 0 Å². The summed E-state index contributed by atoms with van der Waals surface area (Å²) >= 11 is 0. The van der Waals surface area contributed by atoms with E-state index in [1.165, 1.54) is 11.3 Å². The molecule has 4 heteroatoms. The van der Waals surface area contributed by atoms with Crippen molar-refractivity contribution in [1.82, 2.24) is 9.47 Å². The fourth-order valence-corrected chi connectivity index (χ4v) is 2.44. The number of hydrogen-bond acceptors (Lipinski definition) is 3. The van der Waals surface area contributed by atoms with Crippen LogP contribution in [0.4, 0.5) is 5.69 Å². The van der Waals surface area contributed by atoms with Gasteiger partial charge in [0.25, 0.3) is 5.56 Å². The molecular formula is C13H21N3O. The van der Waals surface area contributed by atoms with E-state index in [4.69, 9.17) is 5.73 Å². The van der Waals surface area contributed by atoms with Crippen LogP contribution in [0, 0.1) is 5.92 Å². The summed E-state index contributed by atoms with van der Waals surface area (Å²) in [4.78, 5) is 14.3. The molecule has 0 radical (unpaired) electrons. The zero-order valence-electron chi connectivity index (χ0n) is 10.9. The molecule has 0 bridgehead atoms. The van der Waals surface area contributed by atoms with Crippen molar-refractivity contribution in [1.29, 1.82) is 0 Å². The first-order valence-corrected chi connectivity index (χ1v) is 6.18. The highest BCUT2D eigenvalue weighted by atomic mass is 16.1. The lowest BCUT2D eigenvalue weighted by Gasteiger charge is -2.28. The molecule has 0 atom stereocenters. The molecule has 4 nitrogen and oxygen atoms in total. The van der Waals surface area contributed by atoms with Gasteiger partial charge in [0.2, 0.25) is 0 Å². The van der Waals surface area contributed by atoms with Gasteiger partial charge < -0.3 is 15.2 Å². The number of anilines is 1. The Hall–Kier alpha value is -1.29. The SMILES string of the molecule is CC(C)Cn1c2c(cc(N)c1=O)CN(C)CC2. The van der Waals surface area contributed by atoms with Crippen LogP contribution < -0.4 is 11.3 Å². The van der Waals surface area contributed by atoms with E-state index in [9.17, 15) is 4.79 Å². The van der Waals surface area contributed by atoms with Crippen LogP contribution in [0.2, 0.25) is 0 Å². The maximum Gasteiger partial charge on any atom is 0.273 e. The van der Waals surface area contributed by atoms with E-state index in [2.05, 4.69) is 25.8 Å². The minimum Gasteiger partial charge on any atom is -0.394 e. The van der Waals surface area contributed by atoms with Gasteiger partial charge in [-0.3, -0.25) is 4.79 Å². The lowest BCUT2D eigenvalue weighted by Crippen LogP contribution is -2.35. The minimum atomic E-state index is -0.0259. The summed E-state index contributed by atoms with van der Waals surface area (Å²) in [7, 11) is 2.09. The van der Waals surface area contributed by atoms with Crippen molar-refractivity contribution < 1.29 is 0 Å².